The standard InChI is InChI=1S/C15H21NO4S/c1-3-19-12(17)9-16-14-13(15(18)20-4-2)10-7-5-6-8-11(10)21-14/h16H,3-9H2,1-2H3. The predicted molar refractivity (Wildman–Crippen MR) is 82.0 cm³/mol. The molecule has 0 radical (unpaired) electrons. The van der Waals surface area contributed by atoms with Crippen molar-refractivity contribution in [2.24, 2.45) is 0 Å². The maximum absolute atomic E-state index is 12.2. The molecule has 1 aliphatic carbocycles. The van der Waals surface area contributed by atoms with Gasteiger partial charge in [-0.3, -0.25) is 4.79 Å². The van der Waals surface area contributed by atoms with Gasteiger partial charge in [-0.25, -0.2) is 4.79 Å². The number of rotatable bonds is 6. The molecule has 0 spiro atoms. The highest BCUT2D eigenvalue weighted by Crippen LogP contribution is 2.38. The molecule has 1 aromatic rings. The topological polar surface area (TPSA) is 64.6 Å². The fourth-order valence-corrected chi connectivity index (χ4v) is 3.75. The lowest BCUT2D eigenvalue weighted by atomic mass is 9.95. The fourth-order valence-electron chi connectivity index (χ4n) is 2.47. The minimum atomic E-state index is -0.321. The summed E-state index contributed by atoms with van der Waals surface area (Å²) in [6.07, 6.45) is 4.13. The van der Waals surface area contributed by atoms with Crippen molar-refractivity contribution in [1.82, 2.24) is 0 Å². The number of fused-ring (bicyclic) bond motifs is 1. The number of nitrogens with one attached hydrogen (secondary N) is 1. The molecule has 0 aliphatic heterocycles. The van der Waals surface area contributed by atoms with Crippen molar-refractivity contribution >= 4 is 28.3 Å². The van der Waals surface area contributed by atoms with E-state index in [1.165, 1.54) is 4.88 Å². The van der Waals surface area contributed by atoms with Crippen molar-refractivity contribution in [2.45, 2.75) is 39.5 Å². The zero-order chi connectivity index (χ0) is 15.2. The van der Waals surface area contributed by atoms with Crippen molar-refractivity contribution < 1.29 is 19.1 Å². The Kier molecular flexibility index (Phi) is 5.61. The summed E-state index contributed by atoms with van der Waals surface area (Å²) < 4.78 is 10.1. The van der Waals surface area contributed by atoms with Crippen LogP contribution in [0, 0.1) is 0 Å². The van der Waals surface area contributed by atoms with Gasteiger partial charge in [-0.1, -0.05) is 0 Å². The first-order chi connectivity index (χ1) is 10.2. The third kappa shape index (κ3) is 3.75. The molecule has 1 heterocycles. The molecule has 0 unspecified atom stereocenters. The third-order valence-corrected chi connectivity index (χ3v) is 4.60. The lowest BCUT2D eigenvalue weighted by molar-refractivity contribution is -0.140. The molecular weight excluding hydrogens is 290 g/mol. The molecule has 1 aromatic heterocycles. The molecule has 21 heavy (non-hydrogen) atoms. The van der Waals surface area contributed by atoms with E-state index in [4.69, 9.17) is 9.47 Å². The van der Waals surface area contributed by atoms with Gasteiger partial charge < -0.3 is 14.8 Å². The molecule has 0 aromatic carbocycles. The normalized spacial score (nSPS) is 13.4. The number of carbonyl (C=O) groups excluding carboxylic acids is 2. The average Bonchev–Trinajstić information content (AvgIpc) is 2.84. The van der Waals surface area contributed by atoms with Gasteiger partial charge in [0.1, 0.15) is 11.5 Å². The molecule has 5 nitrogen and oxygen atoms in total. The highest BCUT2D eigenvalue weighted by atomic mass is 32.1. The Morgan fingerprint density at radius 1 is 1.14 bits per heavy atom. The lowest BCUT2D eigenvalue weighted by Crippen LogP contribution is -2.18. The van der Waals surface area contributed by atoms with E-state index in [0.717, 1.165) is 36.2 Å². The van der Waals surface area contributed by atoms with Gasteiger partial charge >= 0.3 is 11.9 Å². The second-order valence-corrected chi connectivity index (χ2v) is 5.90. The number of esters is 2. The van der Waals surface area contributed by atoms with Crippen molar-refractivity contribution in [2.75, 3.05) is 25.1 Å². The van der Waals surface area contributed by atoms with E-state index in [1.807, 2.05) is 0 Å². The van der Waals surface area contributed by atoms with Crippen LogP contribution in [0.25, 0.3) is 0 Å². The molecular formula is C15H21NO4S. The van der Waals surface area contributed by atoms with Crippen LogP contribution in [-0.2, 0) is 27.1 Å². The van der Waals surface area contributed by atoms with Crippen LogP contribution < -0.4 is 5.32 Å². The summed E-state index contributed by atoms with van der Waals surface area (Å²) in [5.41, 5.74) is 1.71. The molecule has 1 N–H and O–H groups in total. The quantitative estimate of drug-likeness (QED) is 0.818. The molecule has 0 atom stereocenters. The number of hydrogen-bond acceptors (Lipinski definition) is 6. The minimum absolute atomic E-state index is 0.0691. The summed E-state index contributed by atoms with van der Waals surface area (Å²) in [4.78, 5) is 24.9. The van der Waals surface area contributed by atoms with Crippen LogP contribution in [0.2, 0.25) is 0 Å². The lowest BCUT2D eigenvalue weighted by Gasteiger charge is -2.12. The van der Waals surface area contributed by atoms with E-state index in [-0.39, 0.29) is 18.5 Å². The van der Waals surface area contributed by atoms with Gasteiger partial charge in [-0.15, -0.1) is 11.3 Å². The number of thiophene rings is 1. The van der Waals surface area contributed by atoms with Gasteiger partial charge in [0.05, 0.1) is 18.8 Å². The number of hydrogen-bond donors (Lipinski definition) is 1. The molecule has 0 saturated carbocycles. The van der Waals surface area contributed by atoms with E-state index in [1.54, 1.807) is 25.2 Å². The first-order valence-corrected chi connectivity index (χ1v) is 8.20. The molecule has 2 rings (SSSR count). The summed E-state index contributed by atoms with van der Waals surface area (Å²) in [6.45, 7) is 4.33. The summed E-state index contributed by atoms with van der Waals surface area (Å²) in [6, 6.07) is 0. The van der Waals surface area contributed by atoms with Crippen LogP contribution in [-0.4, -0.2) is 31.7 Å². The highest BCUT2D eigenvalue weighted by Gasteiger charge is 2.26. The molecule has 0 fully saturated rings. The van der Waals surface area contributed by atoms with Crippen molar-refractivity contribution in [1.29, 1.82) is 0 Å². The van der Waals surface area contributed by atoms with E-state index in [9.17, 15) is 9.59 Å². The maximum atomic E-state index is 12.2. The first-order valence-electron chi connectivity index (χ1n) is 7.38. The molecule has 0 saturated heterocycles. The predicted octanol–water partition coefficient (Wildman–Crippen LogP) is 2.78. The Labute approximate surface area is 128 Å². The van der Waals surface area contributed by atoms with Crippen LogP contribution in [0.4, 0.5) is 5.00 Å². The molecule has 0 amide bonds. The molecule has 6 heteroatoms. The third-order valence-electron chi connectivity index (χ3n) is 3.35. The summed E-state index contributed by atoms with van der Waals surface area (Å²) in [5, 5.41) is 3.77. The average molecular weight is 311 g/mol. The SMILES string of the molecule is CCOC(=O)CNc1sc2c(c1C(=O)OCC)CCCC2. The number of carbonyl (C=O) groups is 2. The maximum Gasteiger partial charge on any atom is 0.341 e. The van der Waals surface area contributed by atoms with Crippen LogP contribution >= 0.6 is 11.3 Å². The Hall–Kier alpha value is -1.56. The Bertz CT molecular complexity index is 524. The summed E-state index contributed by atoms with van der Waals surface area (Å²) >= 11 is 1.56. The van der Waals surface area contributed by atoms with Crippen LogP contribution in [0.3, 0.4) is 0 Å². The summed E-state index contributed by atoms with van der Waals surface area (Å²) in [7, 11) is 0. The molecule has 0 bridgehead atoms. The van der Waals surface area contributed by atoms with E-state index < -0.39 is 0 Å². The zero-order valence-electron chi connectivity index (χ0n) is 12.5. The van der Waals surface area contributed by atoms with Crippen LogP contribution in [0.15, 0.2) is 0 Å². The van der Waals surface area contributed by atoms with E-state index >= 15 is 0 Å². The Balaban J connectivity index is 2.20. The monoisotopic (exact) mass is 311 g/mol. The van der Waals surface area contributed by atoms with Gasteiger partial charge in [0.25, 0.3) is 0 Å². The second kappa shape index (κ2) is 7.45. The van der Waals surface area contributed by atoms with Gasteiger partial charge in [0.2, 0.25) is 0 Å². The number of anilines is 1. The smallest absolute Gasteiger partial charge is 0.341 e. The van der Waals surface area contributed by atoms with Gasteiger partial charge in [0.15, 0.2) is 0 Å². The minimum Gasteiger partial charge on any atom is -0.465 e. The van der Waals surface area contributed by atoms with Crippen molar-refractivity contribution in [3.63, 3.8) is 0 Å². The van der Waals surface area contributed by atoms with Crippen LogP contribution in [0.5, 0.6) is 0 Å². The van der Waals surface area contributed by atoms with Gasteiger partial charge in [-0.2, -0.15) is 0 Å². The largest absolute Gasteiger partial charge is 0.465 e. The van der Waals surface area contributed by atoms with Crippen LogP contribution in [0.1, 0.15) is 47.5 Å². The van der Waals surface area contributed by atoms with E-state index in [0.29, 0.717) is 18.8 Å². The Morgan fingerprint density at radius 2 is 1.86 bits per heavy atom. The Morgan fingerprint density at radius 3 is 2.57 bits per heavy atom. The van der Waals surface area contributed by atoms with Crippen molar-refractivity contribution in [3.8, 4) is 0 Å². The number of ether oxygens (including phenoxy) is 2. The number of aryl methyl sites for hydroxylation is 1. The van der Waals surface area contributed by atoms with Gasteiger partial charge in [-0.05, 0) is 45.1 Å². The second-order valence-electron chi connectivity index (χ2n) is 4.79. The molecule has 1 aliphatic rings. The first kappa shape index (κ1) is 15.8. The molecule has 116 valence electrons. The highest BCUT2D eigenvalue weighted by molar-refractivity contribution is 7.16. The van der Waals surface area contributed by atoms with Gasteiger partial charge in [0, 0.05) is 4.88 Å². The van der Waals surface area contributed by atoms with E-state index in [2.05, 4.69) is 5.32 Å². The van der Waals surface area contributed by atoms with Crippen molar-refractivity contribution in [3.05, 3.63) is 16.0 Å². The fraction of sp³-hybridized carbons (Fsp3) is 0.600. The zero-order valence-corrected chi connectivity index (χ0v) is 13.3. The summed E-state index contributed by atoms with van der Waals surface area (Å²) in [5.74, 6) is -0.623.